The molecule has 1 unspecified atom stereocenters. The van der Waals surface area contributed by atoms with Crippen LogP contribution in [0.1, 0.15) is 23.8 Å². The van der Waals surface area contributed by atoms with Crippen molar-refractivity contribution >= 4 is 11.9 Å². The van der Waals surface area contributed by atoms with E-state index in [9.17, 15) is 4.79 Å². The van der Waals surface area contributed by atoms with Gasteiger partial charge in [-0.25, -0.2) is 9.97 Å². The lowest BCUT2D eigenvalue weighted by Crippen LogP contribution is -2.42. The zero-order valence-electron chi connectivity index (χ0n) is 19.4. The van der Waals surface area contributed by atoms with Crippen LogP contribution in [0.4, 0.5) is 5.95 Å². The molecule has 0 radical (unpaired) electrons. The van der Waals surface area contributed by atoms with Crippen molar-refractivity contribution in [1.29, 1.82) is 0 Å². The van der Waals surface area contributed by atoms with Gasteiger partial charge in [0.15, 0.2) is 0 Å². The molecule has 1 aliphatic rings. The van der Waals surface area contributed by atoms with Crippen molar-refractivity contribution in [1.82, 2.24) is 14.9 Å². The van der Waals surface area contributed by atoms with Gasteiger partial charge in [0.1, 0.15) is 11.9 Å². The third kappa shape index (κ3) is 5.49. The summed E-state index contributed by atoms with van der Waals surface area (Å²) in [5.74, 6) is 1.54. The minimum Gasteiger partial charge on any atom is -0.497 e. The number of methoxy groups -OCH3 is 1. The number of hydrogen-bond acceptors (Lipinski definition) is 6. The van der Waals surface area contributed by atoms with E-state index in [1.165, 1.54) is 5.56 Å². The Labute approximate surface area is 195 Å². The maximum absolute atomic E-state index is 13.0. The summed E-state index contributed by atoms with van der Waals surface area (Å²) < 4.78 is 11.4. The number of morpholine rings is 1. The number of amides is 1. The molecule has 0 bridgehead atoms. The molecule has 2 heterocycles. The Hall–Kier alpha value is -3.45. The SMILES string of the molecule is COc1ccc(-c2cnc(N(C)C)nc2C2CN(C(=O)CCc3ccccc3)CCO2)cc1. The van der Waals surface area contributed by atoms with Crippen molar-refractivity contribution in [3.63, 3.8) is 0 Å². The number of anilines is 1. The van der Waals surface area contributed by atoms with Gasteiger partial charge in [0.25, 0.3) is 0 Å². The summed E-state index contributed by atoms with van der Waals surface area (Å²) in [5, 5.41) is 0. The number of hydrogen-bond donors (Lipinski definition) is 0. The predicted octanol–water partition coefficient (Wildman–Crippen LogP) is 3.75. The largest absolute Gasteiger partial charge is 0.497 e. The normalized spacial score (nSPS) is 15.8. The van der Waals surface area contributed by atoms with Crippen LogP contribution in [-0.4, -0.2) is 61.7 Å². The van der Waals surface area contributed by atoms with Crippen LogP contribution in [0.5, 0.6) is 5.75 Å². The Morgan fingerprint density at radius 2 is 1.91 bits per heavy atom. The number of carbonyl (C=O) groups excluding carboxylic acids is 1. The van der Waals surface area contributed by atoms with Gasteiger partial charge in [0, 0.05) is 38.8 Å². The standard InChI is InChI=1S/C26H30N4O3/c1-29(2)26-27-17-22(20-10-12-21(32-3)13-11-20)25(28-26)23-18-30(15-16-33-23)24(31)14-9-19-7-5-4-6-8-19/h4-8,10-13,17,23H,9,14-16,18H2,1-3H3. The van der Waals surface area contributed by atoms with Crippen molar-refractivity contribution in [2.24, 2.45) is 0 Å². The second kappa shape index (κ2) is 10.4. The Bertz CT molecular complexity index is 1070. The van der Waals surface area contributed by atoms with E-state index < -0.39 is 0 Å². The second-order valence-corrected chi connectivity index (χ2v) is 8.28. The monoisotopic (exact) mass is 446 g/mol. The van der Waals surface area contributed by atoms with Crippen molar-refractivity contribution < 1.29 is 14.3 Å². The lowest BCUT2D eigenvalue weighted by Gasteiger charge is -2.33. The van der Waals surface area contributed by atoms with E-state index in [-0.39, 0.29) is 12.0 Å². The summed E-state index contributed by atoms with van der Waals surface area (Å²) >= 11 is 0. The van der Waals surface area contributed by atoms with Gasteiger partial charge in [0.2, 0.25) is 11.9 Å². The van der Waals surface area contributed by atoms with Crippen molar-refractivity contribution in [2.75, 3.05) is 45.8 Å². The molecular formula is C26H30N4O3. The number of aromatic nitrogens is 2. The average molecular weight is 447 g/mol. The van der Waals surface area contributed by atoms with Crippen molar-refractivity contribution in [3.8, 4) is 16.9 Å². The lowest BCUT2D eigenvalue weighted by atomic mass is 10.0. The quantitative estimate of drug-likeness (QED) is 0.551. The molecule has 4 rings (SSSR count). The molecule has 0 saturated carbocycles. The number of rotatable bonds is 7. The van der Waals surface area contributed by atoms with Gasteiger partial charge in [-0.05, 0) is 29.7 Å². The first-order valence-electron chi connectivity index (χ1n) is 11.2. The maximum atomic E-state index is 13.0. The Morgan fingerprint density at radius 1 is 1.15 bits per heavy atom. The van der Waals surface area contributed by atoms with Crippen LogP contribution in [0.25, 0.3) is 11.1 Å². The highest BCUT2D eigenvalue weighted by Gasteiger charge is 2.29. The molecule has 1 atom stereocenters. The molecule has 0 N–H and O–H groups in total. The fraction of sp³-hybridized carbons (Fsp3) is 0.346. The summed E-state index contributed by atoms with van der Waals surface area (Å²) in [7, 11) is 5.47. The van der Waals surface area contributed by atoms with E-state index in [0.717, 1.165) is 29.0 Å². The number of nitrogens with zero attached hydrogens (tertiary/aromatic N) is 4. The summed E-state index contributed by atoms with van der Waals surface area (Å²) in [6, 6.07) is 17.9. The molecule has 2 aromatic carbocycles. The van der Waals surface area contributed by atoms with Gasteiger partial charge in [0.05, 0.1) is 26.0 Å². The fourth-order valence-electron chi connectivity index (χ4n) is 3.93. The molecular weight excluding hydrogens is 416 g/mol. The molecule has 172 valence electrons. The second-order valence-electron chi connectivity index (χ2n) is 8.28. The lowest BCUT2D eigenvalue weighted by molar-refractivity contribution is -0.139. The molecule has 0 spiro atoms. The molecule has 3 aromatic rings. The van der Waals surface area contributed by atoms with Gasteiger partial charge in [-0.3, -0.25) is 4.79 Å². The highest BCUT2D eigenvalue weighted by Crippen LogP contribution is 2.32. The molecule has 1 amide bonds. The third-order valence-electron chi connectivity index (χ3n) is 5.80. The average Bonchev–Trinajstić information content (AvgIpc) is 2.87. The molecule has 0 aliphatic carbocycles. The highest BCUT2D eigenvalue weighted by molar-refractivity contribution is 5.76. The fourth-order valence-corrected chi connectivity index (χ4v) is 3.93. The molecule has 33 heavy (non-hydrogen) atoms. The van der Waals surface area contributed by atoms with Gasteiger partial charge < -0.3 is 19.3 Å². The van der Waals surface area contributed by atoms with Gasteiger partial charge in [-0.2, -0.15) is 0 Å². The summed E-state index contributed by atoms with van der Waals surface area (Å²) in [4.78, 5) is 26.1. The van der Waals surface area contributed by atoms with E-state index in [1.807, 2.05) is 72.6 Å². The van der Waals surface area contributed by atoms with E-state index in [2.05, 4.69) is 17.1 Å². The summed E-state index contributed by atoms with van der Waals surface area (Å²) in [6.45, 7) is 1.54. The van der Waals surface area contributed by atoms with Crippen molar-refractivity contribution in [2.45, 2.75) is 18.9 Å². The first-order chi connectivity index (χ1) is 16.0. The molecule has 1 aromatic heterocycles. The third-order valence-corrected chi connectivity index (χ3v) is 5.80. The first-order valence-corrected chi connectivity index (χ1v) is 11.2. The zero-order valence-corrected chi connectivity index (χ0v) is 19.4. The van der Waals surface area contributed by atoms with Crippen LogP contribution in [0.3, 0.4) is 0 Å². The van der Waals surface area contributed by atoms with Gasteiger partial charge >= 0.3 is 0 Å². The number of ether oxygens (including phenoxy) is 2. The Balaban J connectivity index is 1.55. The minimum absolute atomic E-state index is 0.139. The van der Waals surface area contributed by atoms with Crippen LogP contribution in [-0.2, 0) is 16.0 Å². The molecule has 7 nitrogen and oxygen atoms in total. The zero-order chi connectivity index (χ0) is 23.2. The van der Waals surface area contributed by atoms with Crippen LogP contribution < -0.4 is 9.64 Å². The molecule has 1 fully saturated rings. The van der Waals surface area contributed by atoms with E-state index >= 15 is 0 Å². The number of benzene rings is 2. The first kappa shape index (κ1) is 22.7. The molecule has 1 saturated heterocycles. The maximum Gasteiger partial charge on any atom is 0.225 e. The Morgan fingerprint density at radius 3 is 2.61 bits per heavy atom. The summed E-state index contributed by atoms with van der Waals surface area (Å²) in [5.41, 5.74) is 3.84. The van der Waals surface area contributed by atoms with E-state index in [4.69, 9.17) is 14.5 Å². The number of carbonyl (C=O) groups is 1. The van der Waals surface area contributed by atoms with E-state index in [1.54, 1.807) is 7.11 Å². The van der Waals surface area contributed by atoms with Crippen LogP contribution in [0.2, 0.25) is 0 Å². The molecule has 1 aliphatic heterocycles. The van der Waals surface area contributed by atoms with E-state index in [0.29, 0.717) is 32.1 Å². The number of aryl methyl sites for hydroxylation is 1. The van der Waals surface area contributed by atoms with Crippen LogP contribution >= 0.6 is 0 Å². The highest BCUT2D eigenvalue weighted by atomic mass is 16.5. The molecule has 7 heteroatoms. The van der Waals surface area contributed by atoms with Crippen LogP contribution in [0.15, 0.2) is 60.8 Å². The van der Waals surface area contributed by atoms with Crippen molar-refractivity contribution in [3.05, 3.63) is 72.1 Å². The predicted molar refractivity (Wildman–Crippen MR) is 128 cm³/mol. The minimum atomic E-state index is -0.321. The van der Waals surface area contributed by atoms with Crippen LogP contribution in [0, 0.1) is 0 Å². The van der Waals surface area contributed by atoms with Gasteiger partial charge in [-0.1, -0.05) is 42.5 Å². The van der Waals surface area contributed by atoms with Gasteiger partial charge in [-0.15, -0.1) is 0 Å². The summed E-state index contributed by atoms with van der Waals surface area (Å²) in [6.07, 6.45) is 2.73. The Kier molecular flexibility index (Phi) is 7.19. The smallest absolute Gasteiger partial charge is 0.225 e. The topological polar surface area (TPSA) is 67.8 Å².